The van der Waals surface area contributed by atoms with Crippen LogP contribution in [0, 0.1) is 5.82 Å². The van der Waals surface area contributed by atoms with Crippen molar-refractivity contribution in [2.24, 2.45) is 7.05 Å². The molecule has 0 saturated carbocycles. The quantitative estimate of drug-likeness (QED) is 0.558. The number of nitrogens with zero attached hydrogens (tertiary/aromatic N) is 1. The van der Waals surface area contributed by atoms with Crippen LogP contribution < -0.4 is 11.1 Å². The van der Waals surface area contributed by atoms with E-state index in [1.54, 1.807) is 48.1 Å². The van der Waals surface area contributed by atoms with Crippen molar-refractivity contribution in [3.05, 3.63) is 65.6 Å². The number of amides is 2. The van der Waals surface area contributed by atoms with Gasteiger partial charge in [0.05, 0.1) is 11.1 Å². The molecule has 1 aliphatic rings. The molecule has 1 aromatic heterocycles. The van der Waals surface area contributed by atoms with Crippen LogP contribution in [0.4, 0.5) is 10.1 Å². The maximum absolute atomic E-state index is 13.8. The van der Waals surface area contributed by atoms with E-state index < -0.39 is 17.6 Å². The molecule has 0 bridgehead atoms. The first-order valence-electron chi connectivity index (χ1n) is 7.66. The number of halogens is 1. The molecule has 2 aromatic carbocycles. The van der Waals surface area contributed by atoms with Crippen LogP contribution in [-0.2, 0) is 16.6 Å². The third-order valence-corrected chi connectivity index (χ3v) is 4.33. The van der Waals surface area contributed by atoms with Gasteiger partial charge >= 0.3 is 0 Å². The number of carbonyl (C=O) groups excluding carboxylic acids is 2. The number of nitrogens with one attached hydrogen (secondary N) is 1. The molecule has 3 aromatic rings. The number of carbonyl (C=O) groups is 2. The fraction of sp³-hybridized carbons (Fsp3) is 0.0526. The first-order chi connectivity index (χ1) is 12.0. The van der Waals surface area contributed by atoms with Crippen molar-refractivity contribution in [2.45, 2.75) is 0 Å². The first kappa shape index (κ1) is 15.1. The molecular weight excluding hydrogens is 321 g/mol. The van der Waals surface area contributed by atoms with Gasteiger partial charge in [-0.3, -0.25) is 14.9 Å². The first-order valence-corrected chi connectivity index (χ1v) is 7.66. The van der Waals surface area contributed by atoms with Gasteiger partial charge in [0, 0.05) is 35.4 Å². The van der Waals surface area contributed by atoms with E-state index in [0.29, 0.717) is 22.2 Å². The van der Waals surface area contributed by atoms with E-state index in [1.807, 2.05) is 0 Å². The van der Waals surface area contributed by atoms with Crippen LogP contribution in [0.5, 0.6) is 0 Å². The highest BCUT2D eigenvalue weighted by atomic mass is 19.1. The van der Waals surface area contributed by atoms with Gasteiger partial charge in [-0.2, -0.15) is 0 Å². The van der Waals surface area contributed by atoms with Gasteiger partial charge in [0.25, 0.3) is 11.8 Å². The van der Waals surface area contributed by atoms with E-state index in [4.69, 9.17) is 5.73 Å². The summed E-state index contributed by atoms with van der Waals surface area (Å²) in [5.74, 6) is -1.39. The number of aryl methyl sites for hydroxylation is 1. The third-order valence-electron chi connectivity index (χ3n) is 4.33. The molecule has 25 heavy (non-hydrogen) atoms. The number of imide groups is 1. The Balaban J connectivity index is 2.06. The number of anilines is 1. The summed E-state index contributed by atoms with van der Waals surface area (Å²) >= 11 is 0. The normalized spacial score (nSPS) is 14.5. The molecule has 0 radical (unpaired) electrons. The van der Waals surface area contributed by atoms with E-state index in [2.05, 4.69) is 5.32 Å². The van der Waals surface area contributed by atoms with Crippen molar-refractivity contribution < 1.29 is 14.0 Å². The van der Waals surface area contributed by atoms with Crippen molar-refractivity contribution >= 4 is 39.6 Å². The van der Waals surface area contributed by atoms with Gasteiger partial charge in [0.2, 0.25) is 0 Å². The van der Waals surface area contributed by atoms with Crippen LogP contribution in [0.2, 0.25) is 0 Å². The standard InChI is InChI=1S/C19H14FN3O2/c1-23-9-14(13-8-11(20)5-6-15(13)23)17-16(18(24)22-19(17)25)10-3-2-4-12(21)7-10/h2-9H,21H2,1H3,(H,22,24,25). The summed E-state index contributed by atoms with van der Waals surface area (Å²) in [5, 5.41) is 2.90. The predicted molar refractivity (Wildman–Crippen MR) is 93.7 cm³/mol. The van der Waals surface area contributed by atoms with E-state index in [0.717, 1.165) is 5.52 Å². The highest BCUT2D eigenvalue weighted by Crippen LogP contribution is 2.36. The van der Waals surface area contributed by atoms with Crippen molar-refractivity contribution in [1.29, 1.82) is 0 Å². The molecule has 1 aliphatic heterocycles. The van der Waals surface area contributed by atoms with Gasteiger partial charge < -0.3 is 10.3 Å². The zero-order valence-corrected chi connectivity index (χ0v) is 13.3. The molecule has 0 unspecified atom stereocenters. The SMILES string of the molecule is Cn1cc(C2=C(c3cccc(N)c3)C(=O)NC2=O)c2cc(F)ccc21. The summed E-state index contributed by atoms with van der Waals surface area (Å²) in [4.78, 5) is 24.8. The third kappa shape index (κ3) is 2.30. The van der Waals surface area contributed by atoms with Crippen LogP contribution >= 0.6 is 0 Å². The number of hydrogen-bond acceptors (Lipinski definition) is 3. The van der Waals surface area contributed by atoms with Crippen LogP contribution in [0.15, 0.2) is 48.7 Å². The number of aromatic nitrogens is 1. The molecule has 2 amide bonds. The van der Waals surface area contributed by atoms with Gasteiger partial charge in [0.15, 0.2) is 0 Å². The van der Waals surface area contributed by atoms with Crippen LogP contribution in [0.1, 0.15) is 11.1 Å². The Kier molecular flexibility index (Phi) is 3.21. The zero-order valence-electron chi connectivity index (χ0n) is 13.3. The van der Waals surface area contributed by atoms with Crippen LogP contribution in [0.25, 0.3) is 22.0 Å². The molecule has 0 saturated heterocycles. The second-order valence-electron chi connectivity index (χ2n) is 5.97. The van der Waals surface area contributed by atoms with Crippen molar-refractivity contribution in [3.8, 4) is 0 Å². The Morgan fingerprint density at radius 1 is 1.04 bits per heavy atom. The van der Waals surface area contributed by atoms with Gasteiger partial charge in [-0.1, -0.05) is 12.1 Å². The van der Waals surface area contributed by atoms with Gasteiger partial charge in [0.1, 0.15) is 5.82 Å². The molecule has 124 valence electrons. The van der Waals surface area contributed by atoms with Crippen molar-refractivity contribution in [2.75, 3.05) is 5.73 Å². The smallest absolute Gasteiger partial charge is 0.259 e. The topological polar surface area (TPSA) is 77.1 Å². The molecule has 3 N–H and O–H groups in total. The minimum absolute atomic E-state index is 0.229. The summed E-state index contributed by atoms with van der Waals surface area (Å²) < 4.78 is 15.5. The maximum atomic E-state index is 13.8. The molecule has 4 rings (SSSR count). The van der Waals surface area contributed by atoms with Gasteiger partial charge in [-0.25, -0.2) is 4.39 Å². The summed E-state index contributed by atoms with van der Waals surface area (Å²) in [6, 6.07) is 11.1. The molecule has 0 spiro atoms. The maximum Gasteiger partial charge on any atom is 0.259 e. The second-order valence-corrected chi connectivity index (χ2v) is 5.97. The lowest BCUT2D eigenvalue weighted by Gasteiger charge is -2.05. The van der Waals surface area contributed by atoms with Crippen molar-refractivity contribution in [3.63, 3.8) is 0 Å². The molecule has 0 atom stereocenters. The van der Waals surface area contributed by atoms with Gasteiger partial charge in [-0.05, 0) is 35.9 Å². The Morgan fingerprint density at radius 2 is 1.80 bits per heavy atom. The predicted octanol–water partition coefficient (Wildman–Crippen LogP) is 2.47. The van der Waals surface area contributed by atoms with E-state index in [1.165, 1.54) is 12.1 Å². The highest BCUT2D eigenvalue weighted by molar-refractivity contribution is 6.50. The van der Waals surface area contributed by atoms with E-state index in [9.17, 15) is 14.0 Å². The van der Waals surface area contributed by atoms with E-state index in [-0.39, 0.29) is 11.1 Å². The van der Waals surface area contributed by atoms with E-state index >= 15 is 0 Å². The van der Waals surface area contributed by atoms with Crippen molar-refractivity contribution in [1.82, 2.24) is 9.88 Å². The summed E-state index contributed by atoms with van der Waals surface area (Å²) in [7, 11) is 1.80. The van der Waals surface area contributed by atoms with Crippen LogP contribution in [0.3, 0.4) is 0 Å². The van der Waals surface area contributed by atoms with Gasteiger partial charge in [-0.15, -0.1) is 0 Å². The summed E-state index contributed by atoms with van der Waals surface area (Å²) in [5.41, 5.74) is 8.60. The zero-order chi connectivity index (χ0) is 17.7. The molecule has 2 heterocycles. The lowest BCUT2D eigenvalue weighted by molar-refractivity contribution is -0.122. The monoisotopic (exact) mass is 335 g/mol. The number of benzene rings is 2. The number of nitrogens with two attached hydrogens (primary N) is 1. The lowest BCUT2D eigenvalue weighted by atomic mass is 9.95. The Hall–Kier alpha value is -3.41. The number of nitrogen functional groups attached to an aromatic ring is 1. The molecule has 0 fully saturated rings. The summed E-state index contributed by atoms with van der Waals surface area (Å²) in [6.45, 7) is 0. The minimum Gasteiger partial charge on any atom is -0.399 e. The average Bonchev–Trinajstić information content (AvgIpc) is 3.03. The number of hydrogen-bond donors (Lipinski definition) is 2. The Morgan fingerprint density at radius 3 is 2.56 bits per heavy atom. The molecular formula is C19H14FN3O2. The number of rotatable bonds is 2. The fourth-order valence-corrected chi connectivity index (χ4v) is 3.25. The lowest BCUT2D eigenvalue weighted by Crippen LogP contribution is -2.22. The minimum atomic E-state index is -0.501. The fourth-order valence-electron chi connectivity index (χ4n) is 3.25. The Labute approximate surface area is 142 Å². The largest absolute Gasteiger partial charge is 0.399 e. The Bertz CT molecular complexity index is 1100. The van der Waals surface area contributed by atoms with Crippen LogP contribution in [-0.4, -0.2) is 16.4 Å². The summed E-state index contributed by atoms with van der Waals surface area (Å²) in [6.07, 6.45) is 1.73. The second kappa shape index (κ2) is 5.31. The highest BCUT2D eigenvalue weighted by Gasteiger charge is 2.33. The number of fused-ring (bicyclic) bond motifs is 1. The molecule has 6 heteroatoms. The molecule has 5 nitrogen and oxygen atoms in total. The average molecular weight is 335 g/mol. The molecule has 0 aliphatic carbocycles.